The maximum Gasteiger partial charge on any atom is 0.253 e. The van der Waals surface area contributed by atoms with Crippen molar-refractivity contribution < 1.29 is 23.5 Å². The fraction of sp³-hybridized carbons (Fsp3) is 0.692. The van der Waals surface area contributed by atoms with Crippen molar-refractivity contribution in [3.63, 3.8) is 0 Å². The monoisotopic (exact) mass is 490 g/mol. The van der Waals surface area contributed by atoms with Gasteiger partial charge in [0.1, 0.15) is 11.9 Å². The summed E-state index contributed by atoms with van der Waals surface area (Å²) in [5, 5.41) is 12.2. The molecule has 2 aliphatic carbocycles. The molecule has 0 spiro atoms. The predicted octanol–water partition coefficient (Wildman–Crippen LogP) is 3.92. The number of carbonyl (C=O) groups excluding carboxylic acids is 2. The minimum atomic E-state index is -0.658. The van der Waals surface area contributed by atoms with E-state index in [4.69, 9.17) is 9.47 Å². The zero-order valence-corrected chi connectivity index (χ0v) is 20.9. The van der Waals surface area contributed by atoms with E-state index in [-0.39, 0.29) is 36.2 Å². The first kappa shape index (κ1) is 25.7. The van der Waals surface area contributed by atoms with Gasteiger partial charge in [-0.15, -0.1) is 0 Å². The van der Waals surface area contributed by atoms with Crippen molar-refractivity contribution in [3.05, 3.63) is 23.5 Å². The molecule has 8 nitrogen and oxygen atoms in total. The average Bonchev–Trinajstić information content (AvgIpc) is 3.47. The molecule has 1 unspecified atom stereocenters. The SMILES string of the molecule is CC1(C)OCC(CNC(=O)CNC(=O)c2cc(F)c(NC3CCCCC3)cc2NC2CCCC2)O1. The van der Waals surface area contributed by atoms with Gasteiger partial charge in [0.05, 0.1) is 24.4 Å². The Balaban J connectivity index is 1.38. The van der Waals surface area contributed by atoms with Crippen molar-refractivity contribution in [3.8, 4) is 0 Å². The number of hydrogen-bond donors (Lipinski definition) is 4. The van der Waals surface area contributed by atoms with Crippen molar-refractivity contribution in [1.29, 1.82) is 0 Å². The van der Waals surface area contributed by atoms with Gasteiger partial charge >= 0.3 is 0 Å². The lowest BCUT2D eigenvalue weighted by molar-refractivity contribution is -0.139. The van der Waals surface area contributed by atoms with Crippen LogP contribution >= 0.6 is 0 Å². The first-order chi connectivity index (χ1) is 16.8. The molecule has 194 valence electrons. The Morgan fingerprint density at radius 2 is 1.57 bits per heavy atom. The van der Waals surface area contributed by atoms with E-state index in [1.54, 1.807) is 6.07 Å². The van der Waals surface area contributed by atoms with Gasteiger partial charge in [0.15, 0.2) is 5.79 Å². The van der Waals surface area contributed by atoms with Crippen molar-refractivity contribution in [1.82, 2.24) is 10.6 Å². The lowest BCUT2D eigenvalue weighted by Crippen LogP contribution is -2.41. The molecule has 0 radical (unpaired) electrons. The second-order valence-corrected chi connectivity index (χ2v) is 10.4. The van der Waals surface area contributed by atoms with Crippen LogP contribution in [0.15, 0.2) is 12.1 Å². The van der Waals surface area contributed by atoms with Gasteiger partial charge in [0.25, 0.3) is 5.91 Å². The molecule has 2 saturated carbocycles. The summed E-state index contributed by atoms with van der Waals surface area (Å²) in [4.78, 5) is 25.3. The number of hydrogen-bond acceptors (Lipinski definition) is 6. The quantitative estimate of drug-likeness (QED) is 0.419. The number of ether oxygens (including phenoxy) is 2. The molecule has 3 aliphatic rings. The lowest BCUT2D eigenvalue weighted by atomic mass is 9.95. The standard InChI is InChI=1S/C26H39FN4O4/c1-26(2)34-16-19(35-26)14-28-24(32)15-29-25(33)20-12-21(27)23(31-18-8-4-3-5-9-18)13-22(20)30-17-10-6-7-11-17/h12-13,17-19,30-31H,3-11,14-16H2,1-2H3,(H,28,32)(H,29,33). The summed E-state index contributed by atoms with van der Waals surface area (Å²) in [6.07, 6.45) is 9.66. The number of anilines is 2. The van der Waals surface area contributed by atoms with E-state index in [1.165, 1.54) is 12.5 Å². The molecule has 35 heavy (non-hydrogen) atoms. The van der Waals surface area contributed by atoms with E-state index in [2.05, 4.69) is 21.3 Å². The average molecular weight is 491 g/mol. The molecular weight excluding hydrogens is 451 g/mol. The molecule has 9 heteroatoms. The Kier molecular flexibility index (Phi) is 8.49. The number of nitrogens with one attached hydrogen (secondary N) is 4. The highest BCUT2D eigenvalue weighted by molar-refractivity contribution is 6.01. The van der Waals surface area contributed by atoms with Crippen LogP contribution in [0.2, 0.25) is 0 Å². The third-order valence-corrected chi connectivity index (χ3v) is 7.04. The van der Waals surface area contributed by atoms with E-state index in [0.717, 1.165) is 51.4 Å². The molecular formula is C26H39FN4O4. The molecule has 1 saturated heterocycles. The van der Waals surface area contributed by atoms with Crippen LogP contribution in [0.5, 0.6) is 0 Å². The van der Waals surface area contributed by atoms with Gasteiger partial charge < -0.3 is 30.7 Å². The number of benzene rings is 1. The van der Waals surface area contributed by atoms with Gasteiger partial charge in [-0.25, -0.2) is 4.39 Å². The van der Waals surface area contributed by atoms with Gasteiger partial charge in [-0.2, -0.15) is 0 Å². The van der Waals surface area contributed by atoms with Gasteiger partial charge in [-0.3, -0.25) is 9.59 Å². The summed E-state index contributed by atoms with van der Waals surface area (Å²) >= 11 is 0. The minimum Gasteiger partial charge on any atom is -0.382 e. The van der Waals surface area contributed by atoms with E-state index >= 15 is 4.39 Å². The first-order valence-corrected chi connectivity index (χ1v) is 13.0. The normalized spacial score (nSPS) is 22.7. The summed E-state index contributed by atoms with van der Waals surface area (Å²) < 4.78 is 26.2. The van der Waals surface area contributed by atoms with Crippen molar-refractivity contribution in [2.45, 2.75) is 95.6 Å². The first-order valence-electron chi connectivity index (χ1n) is 13.0. The Hall–Kier alpha value is -2.39. The van der Waals surface area contributed by atoms with Crippen LogP contribution < -0.4 is 21.3 Å². The molecule has 1 aromatic rings. The van der Waals surface area contributed by atoms with Gasteiger partial charge in [-0.1, -0.05) is 32.1 Å². The Morgan fingerprint density at radius 3 is 2.20 bits per heavy atom. The highest BCUT2D eigenvalue weighted by atomic mass is 19.1. The molecule has 4 N–H and O–H groups in total. The van der Waals surface area contributed by atoms with Crippen molar-refractivity contribution >= 4 is 23.2 Å². The molecule has 1 heterocycles. The maximum absolute atomic E-state index is 15.0. The zero-order valence-electron chi connectivity index (χ0n) is 20.9. The molecule has 4 rings (SSSR count). The molecule has 0 bridgehead atoms. The smallest absolute Gasteiger partial charge is 0.253 e. The summed E-state index contributed by atoms with van der Waals surface area (Å²) in [5.41, 5.74) is 1.24. The third-order valence-electron chi connectivity index (χ3n) is 7.04. The van der Waals surface area contributed by atoms with E-state index < -0.39 is 17.5 Å². The number of halogens is 1. The predicted molar refractivity (Wildman–Crippen MR) is 133 cm³/mol. The minimum absolute atomic E-state index is 0.206. The van der Waals surface area contributed by atoms with Crippen molar-refractivity contribution in [2.24, 2.45) is 0 Å². The maximum atomic E-state index is 15.0. The van der Waals surface area contributed by atoms with Crippen LogP contribution in [0.1, 0.15) is 82.0 Å². The van der Waals surface area contributed by atoms with Gasteiger partial charge in [-0.05, 0) is 51.7 Å². The summed E-state index contributed by atoms with van der Waals surface area (Å²) in [6.45, 7) is 4.13. The third kappa shape index (κ3) is 7.30. The topological polar surface area (TPSA) is 101 Å². The fourth-order valence-corrected chi connectivity index (χ4v) is 5.16. The molecule has 2 amide bonds. The number of rotatable bonds is 9. The number of carbonyl (C=O) groups is 2. The van der Waals surface area contributed by atoms with Crippen LogP contribution in [0.3, 0.4) is 0 Å². The van der Waals surface area contributed by atoms with Crippen LogP contribution in [0.25, 0.3) is 0 Å². The second-order valence-electron chi connectivity index (χ2n) is 10.4. The zero-order chi connectivity index (χ0) is 24.8. The number of amides is 2. The van der Waals surface area contributed by atoms with Crippen LogP contribution in [0, 0.1) is 5.82 Å². The van der Waals surface area contributed by atoms with Crippen molar-refractivity contribution in [2.75, 3.05) is 30.3 Å². The summed E-state index contributed by atoms with van der Waals surface area (Å²) in [6, 6.07) is 3.51. The molecule has 1 aromatic carbocycles. The van der Waals surface area contributed by atoms with Crippen LogP contribution in [0.4, 0.5) is 15.8 Å². The summed E-state index contributed by atoms with van der Waals surface area (Å²) in [5.74, 6) is -1.93. The van der Waals surface area contributed by atoms with E-state index in [0.29, 0.717) is 24.5 Å². The molecule has 3 fully saturated rings. The van der Waals surface area contributed by atoms with Gasteiger partial charge in [0.2, 0.25) is 5.91 Å². The lowest BCUT2D eigenvalue weighted by Gasteiger charge is -2.25. The molecule has 0 aromatic heterocycles. The Morgan fingerprint density at radius 1 is 0.943 bits per heavy atom. The summed E-state index contributed by atoms with van der Waals surface area (Å²) in [7, 11) is 0. The Bertz CT molecular complexity index is 898. The van der Waals surface area contributed by atoms with Crippen LogP contribution in [-0.4, -0.2) is 55.5 Å². The van der Waals surface area contributed by atoms with Gasteiger partial charge in [0, 0.05) is 24.3 Å². The van der Waals surface area contributed by atoms with E-state index in [9.17, 15) is 9.59 Å². The Labute approximate surface area is 207 Å². The fourth-order valence-electron chi connectivity index (χ4n) is 5.16. The van der Waals surface area contributed by atoms with Crippen LogP contribution in [-0.2, 0) is 14.3 Å². The molecule has 1 atom stereocenters. The van der Waals surface area contributed by atoms with E-state index in [1.807, 2.05) is 13.8 Å². The highest BCUT2D eigenvalue weighted by Crippen LogP contribution is 2.31. The largest absolute Gasteiger partial charge is 0.382 e. The second kappa shape index (κ2) is 11.6. The molecule has 1 aliphatic heterocycles. The highest BCUT2D eigenvalue weighted by Gasteiger charge is 2.32.